The fraction of sp³-hybridized carbons (Fsp3) is 0.267. The molecule has 0 spiro atoms. The molecule has 1 aromatic heterocycles. The molecule has 6 heteroatoms. The number of amides is 1. The van der Waals surface area contributed by atoms with Crippen LogP contribution in [-0.2, 0) is 13.0 Å². The summed E-state index contributed by atoms with van der Waals surface area (Å²) in [6.45, 7) is 4.95. The van der Waals surface area contributed by atoms with Crippen LogP contribution in [0.2, 0.25) is 0 Å². The van der Waals surface area contributed by atoms with Crippen molar-refractivity contribution >= 4 is 5.91 Å². The lowest BCUT2D eigenvalue weighted by molar-refractivity contribution is 0.0730. The maximum absolute atomic E-state index is 13.4. The van der Waals surface area contributed by atoms with Gasteiger partial charge >= 0.3 is 0 Å². The Morgan fingerprint density at radius 2 is 1.67 bits per heavy atom. The second kappa shape index (κ2) is 10.4. The van der Waals surface area contributed by atoms with Crippen molar-refractivity contribution in [3.63, 3.8) is 0 Å². The molecule has 0 fully saturated rings. The van der Waals surface area contributed by atoms with Crippen molar-refractivity contribution in [3.8, 4) is 5.75 Å². The molecule has 36 heavy (non-hydrogen) atoms. The van der Waals surface area contributed by atoms with Gasteiger partial charge in [-0.2, -0.15) is 0 Å². The lowest BCUT2D eigenvalue weighted by atomic mass is 9.83. The van der Waals surface area contributed by atoms with Crippen molar-refractivity contribution < 1.29 is 19.2 Å². The van der Waals surface area contributed by atoms with Crippen LogP contribution in [-0.4, -0.2) is 34.2 Å². The summed E-state index contributed by atoms with van der Waals surface area (Å²) in [5.74, 6) is 0.913. The number of hydrogen-bond donors (Lipinski definition) is 1. The Kier molecular flexibility index (Phi) is 6.87. The molecule has 0 saturated heterocycles. The normalized spacial score (nSPS) is 14.2. The predicted octanol–water partition coefficient (Wildman–Crippen LogP) is 5.45. The molecule has 0 aliphatic carbocycles. The quantitative estimate of drug-likeness (QED) is 0.396. The third-order valence-electron chi connectivity index (χ3n) is 6.81. The molecule has 1 atom stereocenters. The van der Waals surface area contributed by atoms with Crippen LogP contribution in [0.4, 0.5) is 0 Å². The summed E-state index contributed by atoms with van der Waals surface area (Å²) in [6.07, 6.45) is -0.157. The van der Waals surface area contributed by atoms with E-state index in [9.17, 15) is 9.90 Å². The fourth-order valence-corrected chi connectivity index (χ4v) is 4.93. The summed E-state index contributed by atoms with van der Waals surface area (Å²) in [5.41, 5.74) is 4.92. The number of aliphatic hydroxyl groups is 1. The zero-order valence-corrected chi connectivity index (χ0v) is 20.6. The van der Waals surface area contributed by atoms with Crippen LogP contribution in [0.25, 0.3) is 0 Å². The van der Waals surface area contributed by atoms with Gasteiger partial charge < -0.3 is 19.3 Å². The Labute approximate surface area is 211 Å². The van der Waals surface area contributed by atoms with Gasteiger partial charge in [0, 0.05) is 18.0 Å². The van der Waals surface area contributed by atoms with Gasteiger partial charge in [0.1, 0.15) is 23.7 Å². The lowest BCUT2D eigenvalue weighted by Crippen LogP contribution is -2.33. The molecular formula is C30H30N2O4. The second-order valence-corrected chi connectivity index (χ2v) is 9.10. The van der Waals surface area contributed by atoms with E-state index < -0.39 is 6.10 Å². The van der Waals surface area contributed by atoms with Crippen LogP contribution in [0.1, 0.15) is 63.0 Å². The van der Waals surface area contributed by atoms with Gasteiger partial charge in [0.2, 0.25) is 0 Å². The predicted molar refractivity (Wildman–Crippen MR) is 137 cm³/mol. The van der Waals surface area contributed by atoms with E-state index in [0.29, 0.717) is 43.1 Å². The molecule has 3 aromatic carbocycles. The van der Waals surface area contributed by atoms with Crippen LogP contribution >= 0.6 is 0 Å². The average molecular weight is 483 g/mol. The monoisotopic (exact) mass is 482 g/mol. The van der Waals surface area contributed by atoms with Gasteiger partial charge in [-0.05, 0) is 42.2 Å². The minimum Gasteiger partial charge on any atom is -0.491 e. The first-order valence-electron chi connectivity index (χ1n) is 12.3. The van der Waals surface area contributed by atoms with Crippen molar-refractivity contribution in [2.45, 2.75) is 38.8 Å². The van der Waals surface area contributed by atoms with E-state index in [4.69, 9.17) is 9.26 Å². The van der Waals surface area contributed by atoms with Crippen LogP contribution in [0.3, 0.4) is 0 Å². The number of aryl methyl sites for hydroxylation is 2. The molecule has 4 aromatic rings. The number of aliphatic hydroxyl groups excluding tert-OH is 1. The summed E-state index contributed by atoms with van der Waals surface area (Å²) in [5, 5.41) is 15.7. The van der Waals surface area contributed by atoms with Crippen molar-refractivity contribution in [2.75, 3.05) is 13.2 Å². The number of aromatic nitrogens is 1. The fourth-order valence-electron chi connectivity index (χ4n) is 4.93. The molecule has 0 saturated carbocycles. The number of benzene rings is 3. The number of rotatable bonds is 6. The van der Waals surface area contributed by atoms with Crippen LogP contribution in [0, 0.1) is 6.92 Å². The maximum Gasteiger partial charge on any atom is 0.259 e. The smallest absolute Gasteiger partial charge is 0.259 e. The molecular weight excluding hydrogens is 452 g/mol. The Morgan fingerprint density at radius 3 is 2.31 bits per heavy atom. The minimum absolute atomic E-state index is 0.112. The highest BCUT2D eigenvalue weighted by Gasteiger charge is 2.29. The first-order valence-corrected chi connectivity index (χ1v) is 12.3. The molecule has 5 rings (SSSR count). The van der Waals surface area contributed by atoms with Crippen LogP contribution < -0.4 is 4.74 Å². The summed E-state index contributed by atoms with van der Waals surface area (Å²) >= 11 is 0. The van der Waals surface area contributed by atoms with E-state index in [1.54, 1.807) is 11.8 Å². The molecule has 1 aliphatic rings. The van der Waals surface area contributed by atoms with Gasteiger partial charge in [-0.15, -0.1) is 0 Å². The molecule has 1 unspecified atom stereocenters. The van der Waals surface area contributed by atoms with Gasteiger partial charge in [0.15, 0.2) is 0 Å². The molecule has 1 N–H and O–H groups in total. The Morgan fingerprint density at radius 1 is 1.00 bits per heavy atom. The van der Waals surface area contributed by atoms with Crippen LogP contribution in [0.5, 0.6) is 5.75 Å². The van der Waals surface area contributed by atoms with E-state index in [2.05, 4.69) is 5.16 Å². The SMILES string of the molecule is CCc1noc(C)c1C(=O)N1CCOc2ccc(C(O)C(c3ccccc3)c3ccccc3)cc2C1. The zero-order chi connectivity index (χ0) is 25.1. The molecule has 184 valence electrons. The summed E-state index contributed by atoms with van der Waals surface area (Å²) in [7, 11) is 0. The first kappa shape index (κ1) is 23.8. The lowest BCUT2D eigenvalue weighted by Gasteiger charge is -2.25. The van der Waals surface area contributed by atoms with Crippen molar-refractivity contribution in [3.05, 3.63) is 118 Å². The summed E-state index contributed by atoms with van der Waals surface area (Å²) in [6, 6.07) is 25.9. The zero-order valence-electron chi connectivity index (χ0n) is 20.6. The summed E-state index contributed by atoms with van der Waals surface area (Å²) < 4.78 is 11.3. The van der Waals surface area contributed by atoms with Gasteiger partial charge in [0.05, 0.1) is 18.3 Å². The van der Waals surface area contributed by atoms with Gasteiger partial charge in [-0.25, -0.2) is 0 Å². The molecule has 0 radical (unpaired) electrons. The number of carbonyl (C=O) groups is 1. The topological polar surface area (TPSA) is 75.8 Å². The van der Waals surface area contributed by atoms with E-state index in [1.807, 2.05) is 85.8 Å². The van der Waals surface area contributed by atoms with E-state index in [1.165, 1.54) is 0 Å². The standard InChI is InChI=1S/C30H30N2O4/c1-3-25-27(20(2)36-31-25)30(34)32-16-17-35-26-15-14-23(18-24(26)19-32)29(33)28(21-10-6-4-7-11-21)22-12-8-5-9-13-22/h4-15,18,28-29,33H,3,16-17,19H2,1-2H3. The van der Waals surface area contributed by atoms with Crippen LogP contribution in [0.15, 0.2) is 83.4 Å². The Hall–Kier alpha value is -3.90. The number of nitrogens with zero attached hydrogens (tertiary/aromatic N) is 2. The average Bonchev–Trinajstić information content (AvgIpc) is 3.16. The van der Waals surface area contributed by atoms with Crippen molar-refractivity contribution in [2.24, 2.45) is 0 Å². The van der Waals surface area contributed by atoms with Gasteiger partial charge in [-0.1, -0.05) is 78.8 Å². The summed E-state index contributed by atoms with van der Waals surface area (Å²) in [4.78, 5) is 15.2. The second-order valence-electron chi connectivity index (χ2n) is 9.10. The van der Waals surface area contributed by atoms with E-state index in [-0.39, 0.29) is 11.8 Å². The molecule has 2 heterocycles. The van der Waals surface area contributed by atoms with E-state index in [0.717, 1.165) is 28.0 Å². The largest absolute Gasteiger partial charge is 0.491 e. The number of ether oxygens (including phenoxy) is 1. The highest BCUT2D eigenvalue weighted by Crippen LogP contribution is 2.38. The third-order valence-corrected chi connectivity index (χ3v) is 6.81. The molecule has 0 bridgehead atoms. The Bertz CT molecular complexity index is 1290. The highest BCUT2D eigenvalue weighted by molar-refractivity contribution is 5.96. The maximum atomic E-state index is 13.4. The van der Waals surface area contributed by atoms with Crippen molar-refractivity contribution in [1.29, 1.82) is 0 Å². The van der Waals surface area contributed by atoms with Gasteiger partial charge in [0.25, 0.3) is 5.91 Å². The molecule has 6 nitrogen and oxygen atoms in total. The number of fused-ring (bicyclic) bond motifs is 1. The Balaban J connectivity index is 1.47. The number of hydrogen-bond acceptors (Lipinski definition) is 5. The molecule has 1 amide bonds. The van der Waals surface area contributed by atoms with E-state index >= 15 is 0 Å². The molecule has 1 aliphatic heterocycles. The highest BCUT2D eigenvalue weighted by atomic mass is 16.5. The number of carbonyl (C=O) groups excluding carboxylic acids is 1. The van der Waals surface area contributed by atoms with Gasteiger partial charge in [-0.3, -0.25) is 4.79 Å². The first-order chi connectivity index (χ1) is 17.6. The minimum atomic E-state index is -0.778. The van der Waals surface area contributed by atoms with Crippen molar-refractivity contribution in [1.82, 2.24) is 10.1 Å². The third kappa shape index (κ3) is 4.64.